The average molecular weight is 346 g/mol. The second-order valence-electron chi connectivity index (χ2n) is 5.90. The maximum Gasteiger partial charge on any atom is 0.328 e. The molecule has 1 amide bonds. The number of pyridine rings is 1. The molecule has 2 rings (SSSR count). The molecule has 0 radical (unpaired) electrons. The van der Waals surface area contributed by atoms with Crippen molar-refractivity contribution in [3.05, 3.63) is 36.4 Å². The van der Waals surface area contributed by atoms with Gasteiger partial charge < -0.3 is 10.1 Å². The third-order valence-electron chi connectivity index (χ3n) is 3.45. The number of hydrogen-bond donors (Lipinski definition) is 1. The van der Waals surface area contributed by atoms with Crippen molar-refractivity contribution in [3.8, 4) is 0 Å². The highest BCUT2D eigenvalue weighted by atomic mass is 32.2. The van der Waals surface area contributed by atoms with Crippen molar-refractivity contribution in [1.82, 2.24) is 10.3 Å². The third kappa shape index (κ3) is 5.23. The van der Waals surface area contributed by atoms with E-state index in [1.54, 1.807) is 0 Å². The molecule has 2 aromatic rings. The van der Waals surface area contributed by atoms with E-state index < -0.39 is 12.0 Å². The lowest BCUT2D eigenvalue weighted by atomic mass is 10.0. The van der Waals surface area contributed by atoms with Crippen LogP contribution in [0.25, 0.3) is 10.9 Å². The summed E-state index contributed by atoms with van der Waals surface area (Å²) in [5, 5.41) is 4.59. The van der Waals surface area contributed by atoms with Gasteiger partial charge in [-0.1, -0.05) is 49.9 Å². The summed E-state index contributed by atoms with van der Waals surface area (Å²) < 4.78 is 4.75. The summed E-state index contributed by atoms with van der Waals surface area (Å²) in [5.41, 5.74) is 0.898. The van der Waals surface area contributed by atoms with Gasteiger partial charge in [0.1, 0.15) is 6.04 Å². The fraction of sp³-hybridized carbons (Fsp3) is 0.389. The Morgan fingerprint density at radius 3 is 2.67 bits per heavy atom. The number of nitrogens with zero attached hydrogens (tertiary/aromatic N) is 1. The molecule has 0 spiro atoms. The number of thioether (sulfide) groups is 1. The van der Waals surface area contributed by atoms with Gasteiger partial charge in [0.2, 0.25) is 5.91 Å². The zero-order valence-electron chi connectivity index (χ0n) is 14.1. The molecule has 1 aromatic carbocycles. The Labute approximate surface area is 146 Å². The number of para-hydroxylation sites is 1. The highest BCUT2D eigenvalue weighted by Crippen LogP contribution is 2.19. The minimum absolute atomic E-state index is 0.203. The lowest BCUT2D eigenvalue weighted by molar-refractivity contribution is -0.145. The van der Waals surface area contributed by atoms with E-state index in [-0.39, 0.29) is 17.6 Å². The molecule has 1 heterocycles. The Hall–Kier alpha value is -2.08. The van der Waals surface area contributed by atoms with Gasteiger partial charge in [-0.25, -0.2) is 9.78 Å². The van der Waals surface area contributed by atoms with Crippen LogP contribution in [0, 0.1) is 5.92 Å². The van der Waals surface area contributed by atoms with Crippen molar-refractivity contribution in [2.75, 3.05) is 12.9 Å². The Kier molecular flexibility index (Phi) is 6.61. The van der Waals surface area contributed by atoms with E-state index in [9.17, 15) is 9.59 Å². The van der Waals surface area contributed by atoms with Crippen LogP contribution in [0.2, 0.25) is 0 Å². The lowest BCUT2D eigenvalue weighted by Gasteiger charge is -2.18. The van der Waals surface area contributed by atoms with Gasteiger partial charge in [-0.05, 0) is 24.5 Å². The van der Waals surface area contributed by atoms with Gasteiger partial charge in [-0.2, -0.15) is 0 Å². The first kappa shape index (κ1) is 18.3. The number of ether oxygens (including phenoxy) is 1. The summed E-state index contributed by atoms with van der Waals surface area (Å²) in [6, 6.07) is 11.1. The largest absolute Gasteiger partial charge is 0.467 e. The fourth-order valence-electron chi connectivity index (χ4n) is 2.33. The summed E-state index contributed by atoms with van der Waals surface area (Å²) in [6.45, 7) is 3.99. The number of hydrogen-bond acceptors (Lipinski definition) is 5. The predicted octanol–water partition coefficient (Wildman–Crippen LogP) is 3.03. The molecule has 0 aliphatic rings. The number of aromatic nitrogens is 1. The molecular formula is C18H22N2O3S. The molecule has 0 saturated carbocycles. The molecule has 24 heavy (non-hydrogen) atoms. The molecule has 0 fully saturated rings. The van der Waals surface area contributed by atoms with Crippen molar-refractivity contribution in [3.63, 3.8) is 0 Å². The molecule has 128 valence electrons. The first-order valence-electron chi connectivity index (χ1n) is 7.85. The predicted molar refractivity (Wildman–Crippen MR) is 95.9 cm³/mol. The number of rotatable bonds is 7. The van der Waals surface area contributed by atoms with Crippen molar-refractivity contribution in [2.45, 2.75) is 31.3 Å². The van der Waals surface area contributed by atoms with Crippen LogP contribution < -0.4 is 5.32 Å². The molecule has 1 aromatic heterocycles. The maximum absolute atomic E-state index is 12.1. The molecule has 1 atom stereocenters. The number of methoxy groups -OCH3 is 1. The number of benzene rings is 1. The Morgan fingerprint density at radius 2 is 1.96 bits per heavy atom. The van der Waals surface area contributed by atoms with E-state index in [0.717, 1.165) is 15.9 Å². The zero-order valence-corrected chi connectivity index (χ0v) is 14.9. The molecular weight excluding hydrogens is 324 g/mol. The van der Waals surface area contributed by atoms with Crippen LogP contribution in [0.1, 0.15) is 20.3 Å². The van der Waals surface area contributed by atoms with E-state index in [1.807, 2.05) is 50.2 Å². The van der Waals surface area contributed by atoms with Crippen LogP contribution in [0.15, 0.2) is 41.4 Å². The highest BCUT2D eigenvalue weighted by Gasteiger charge is 2.22. The number of nitrogens with one attached hydrogen (secondary N) is 1. The summed E-state index contributed by atoms with van der Waals surface area (Å²) >= 11 is 1.35. The SMILES string of the molecule is COC(=O)[C@@H](CC(C)C)NC(=O)CSc1ccc2ccccc2n1. The van der Waals surface area contributed by atoms with E-state index in [1.165, 1.54) is 18.9 Å². The van der Waals surface area contributed by atoms with Crippen molar-refractivity contribution < 1.29 is 14.3 Å². The summed E-state index contributed by atoms with van der Waals surface area (Å²) in [4.78, 5) is 28.4. The summed E-state index contributed by atoms with van der Waals surface area (Å²) in [5.74, 6) is -0.127. The molecule has 0 unspecified atom stereocenters. The quantitative estimate of drug-likeness (QED) is 0.616. The van der Waals surface area contributed by atoms with E-state index >= 15 is 0 Å². The van der Waals surface area contributed by atoms with Gasteiger partial charge in [-0.3, -0.25) is 4.79 Å². The second-order valence-corrected chi connectivity index (χ2v) is 6.90. The number of fused-ring (bicyclic) bond motifs is 1. The maximum atomic E-state index is 12.1. The zero-order chi connectivity index (χ0) is 17.5. The Morgan fingerprint density at radius 1 is 1.21 bits per heavy atom. The molecule has 6 heteroatoms. The number of carbonyl (C=O) groups is 2. The molecule has 0 saturated heterocycles. The van der Waals surface area contributed by atoms with E-state index in [4.69, 9.17) is 4.74 Å². The lowest BCUT2D eigenvalue weighted by Crippen LogP contribution is -2.43. The van der Waals surface area contributed by atoms with Crippen LogP contribution in [-0.4, -0.2) is 35.8 Å². The highest BCUT2D eigenvalue weighted by molar-refractivity contribution is 7.99. The minimum Gasteiger partial charge on any atom is -0.467 e. The van der Waals surface area contributed by atoms with Crippen LogP contribution in [0.5, 0.6) is 0 Å². The number of carbonyl (C=O) groups excluding carboxylic acids is 2. The molecule has 0 aliphatic carbocycles. The second kappa shape index (κ2) is 8.68. The van der Waals surface area contributed by atoms with Gasteiger partial charge in [-0.15, -0.1) is 0 Å². The van der Waals surface area contributed by atoms with Crippen LogP contribution in [-0.2, 0) is 14.3 Å². The van der Waals surface area contributed by atoms with Gasteiger partial charge in [0.15, 0.2) is 0 Å². The standard InChI is InChI=1S/C18H22N2O3S/c1-12(2)10-15(18(22)23-3)19-16(21)11-24-17-9-8-13-6-4-5-7-14(13)20-17/h4-9,12,15H,10-11H2,1-3H3,(H,19,21)/t15-/m1/s1. The van der Waals surface area contributed by atoms with Crippen LogP contribution in [0.3, 0.4) is 0 Å². The number of esters is 1. The normalized spacial score (nSPS) is 12.2. The van der Waals surface area contributed by atoms with Crippen LogP contribution >= 0.6 is 11.8 Å². The first-order chi connectivity index (χ1) is 11.5. The van der Waals surface area contributed by atoms with Gasteiger partial charge >= 0.3 is 5.97 Å². The van der Waals surface area contributed by atoms with Crippen molar-refractivity contribution in [1.29, 1.82) is 0 Å². The topological polar surface area (TPSA) is 68.3 Å². The molecule has 0 aliphatic heterocycles. The summed E-state index contributed by atoms with van der Waals surface area (Å²) in [7, 11) is 1.33. The Bertz CT molecular complexity index is 718. The Balaban J connectivity index is 1.94. The van der Waals surface area contributed by atoms with Crippen molar-refractivity contribution in [2.24, 2.45) is 5.92 Å². The average Bonchev–Trinajstić information content (AvgIpc) is 2.58. The first-order valence-corrected chi connectivity index (χ1v) is 8.84. The van der Waals surface area contributed by atoms with Gasteiger partial charge in [0.05, 0.1) is 23.4 Å². The molecule has 5 nitrogen and oxygen atoms in total. The van der Waals surface area contributed by atoms with Gasteiger partial charge in [0.25, 0.3) is 0 Å². The van der Waals surface area contributed by atoms with Crippen molar-refractivity contribution >= 4 is 34.5 Å². The third-order valence-corrected chi connectivity index (χ3v) is 4.38. The molecule has 0 bridgehead atoms. The van der Waals surface area contributed by atoms with E-state index in [2.05, 4.69) is 10.3 Å². The van der Waals surface area contributed by atoms with Crippen LogP contribution in [0.4, 0.5) is 0 Å². The smallest absolute Gasteiger partial charge is 0.328 e. The van der Waals surface area contributed by atoms with Gasteiger partial charge in [0, 0.05) is 5.39 Å². The molecule has 1 N–H and O–H groups in total. The fourth-order valence-corrected chi connectivity index (χ4v) is 3.02. The monoisotopic (exact) mass is 346 g/mol. The minimum atomic E-state index is -0.604. The number of amides is 1. The van der Waals surface area contributed by atoms with E-state index in [0.29, 0.717) is 6.42 Å². The summed E-state index contributed by atoms with van der Waals surface area (Å²) in [6.07, 6.45) is 0.553.